The lowest BCUT2D eigenvalue weighted by atomic mass is 10.0. The van der Waals surface area contributed by atoms with Gasteiger partial charge < -0.3 is 10.8 Å². The van der Waals surface area contributed by atoms with E-state index < -0.39 is 5.97 Å². The molecule has 92 valence electrons. The minimum Gasteiger partial charge on any atom is -0.478 e. The molecule has 0 radical (unpaired) electrons. The molecule has 3 nitrogen and oxygen atoms in total. The van der Waals surface area contributed by atoms with Gasteiger partial charge in [0.05, 0.1) is 10.6 Å². The highest BCUT2D eigenvalue weighted by atomic mass is 35.5. The standard InChI is InChI=1S/C14H12ClNO2/c15-13-11(8-16)5-2-6-12(13)9-3-1-4-10(7-9)14(17)18/h1-7H,8,16H2,(H,17,18). The van der Waals surface area contributed by atoms with Gasteiger partial charge in [-0.3, -0.25) is 0 Å². The zero-order valence-electron chi connectivity index (χ0n) is 9.56. The quantitative estimate of drug-likeness (QED) is 0.892. The summed E-state index contributed by atoms with van der Waals surface area (Å²) in [6.07, 6.45) is 0. The van der Waals surface area contributed by atoms with Gasteiger partial charge in [-0.05, 0) is 23.3 Å². The molecule has 3 N–H and O–H groups in total. The molecule has 0 unspecified atom stereocenters. The fraction of sp³-hybridized carbons (Fsp3) is 0.0714. The lowest BCUT2D eigenvalue weighted by Gasteiger charge is -2.09. The number of hydrogen-bond acceptors (Lipinski definition) is 2. The van der Waals surface area contributed by atoms with Crippen LogP contribution in [0, 0.1) is 0 Å². The van der Waals surface area contributed by atoms with Gasteiger partial charge in [-0.25, -0.2) is 4.79 Å². The molecule has 0 aromatic heterocycles. The number of aromatic carboxylic acids is 1. The van der Waals surface area contributed by atoms with Crippen molar-refractivity contribution >= 4 is 17.6 Å². The van der Waals surface area contributed by atoms with Crippen molar-refractivity contribution in [2.45, 2.75) is 6.54 Å². The van der Waals surface area contributed by atoms with Gasteiger partial charge in [0.1, 0.15) is 0 Å². The van der Waals surface area contributed by atoms with E-state index in [1.54, 1.807) is 18.2 Å². The third-order valence-corrected chi connectivity index (χ3v) is 3.17. The normalized spacial score (nSPS) is 10.3. The van der Waals surface area contributed by atoms with Crippen molar-refractivity contribution in [1.29, 1.82) is 0 Å². The van der Waals surface area contributed by atoms with Crippen LogP contribution in [-0.4, -0.2) is 11.1 Å². The van der Waals surface area contributed by atoms with Crippen molar-refractivity contribution in [2.75, 3.05) is 0 Å². The Morgan fingerprint density at radius 2 is 1.94 bits per heavy atom. The van der Waals surface area contributed by atoms with Crippen LogP contribution in [0.3, 0.4) is 0 Å². The van der Waals surface area contributed by atoms with Gasteiger partial charge in [0, 0.05) is 12.1 Å². The molecule has 0 amide bonds. The SMILES string of the molecule is NCc1cccc(-c2cccc(C(=O)O)c2)c1Cl. The molecule has 0 atom stereocenters. The third-order valence-electron chi connectivity index (χ3n) is 2.72. The van der Waals surface area contributed by atoms with Crippen molar-refractivity contribution in [1.82, 2.24) is 0 Å². The van der Waals surface area contributed by atoms with E-state index in [9.17, 15) is 4.79 Å². The average Bonchev–Trinajstić information content (AvgIpc) is 2.39. The Morgan fingerprint density at radius 1 is 1.22 bits per heavy atom. The molecule has 0 aliphatic carbocycles. The van der Waals surface area contributed by atoms with E-state index in [2.05, 4.69) is 0 Å². The lowest BCUT2D eigenvalue weighted by molar-refractivity contribution is 0.0697. The predicted molar refractivity (Wildman–Crippen MR) is 71.7 cm³/mol. The summed E-state index contributed by atoms with van der Waals surface area (Å²) < 4.78 is 0. The van der Waals surface area contributed by atoms with E-state index in [0.29, 0.717) is 11.6 Å². The molecular formula is C14H12ClNO2. The van der Waals surface area contributed by atoms with Crippen LogP contribution in [0.1, 0.15) is 15.9 Å². The van der Waals surface area contributed by atoms with Crippen LogP contribution in [0.2, 0.25) is 5.02 Å². The van der Waals surface area contributed by atoms with E-state index >= 15 is 0 Å². The fourth-order valence-electron chi connectivity index (χ4n) is 1.78. The molecule has 2 aromatic rings. The van der Waals surface area contributed by atoms with Crippen molar-refractivity contribution in [3.63, 3.8) is 0 Å². The molecular weight excluding hydrogens is 250 g/mol. The van der Waals surface area contributed by atoms with Crippen LogP contribution < -0.4 is 5.73 Å². The molecule has 4 heteroatoms. The maximum Gasteiger partial charge on any atom is 0.335 e. The first-order chi connectivity index (χ1) is 8.63. The molecule has 0 saturated heterocycles. The highest BCUT2D eigenvalue weighted by Crippen LogP contribution is 2.30. The highest BCUT2D eigenvalue weighted by molar-refractivity contribution is 6.34. The largest absolute Gasteiger partial charge is 0.478 e. The Kier molecular flexibility index (Phi) is 3.65. The number of carboxylic acid groups (broad SMARTS) is 1. The van der Waals surface area contributed by atoms with Crippen molar-refractivity contribution in [3.05, 3.63) is 58.6 Å². The van der Waals surface area contributed by atoms with Crippen LogP contribution in [0.25, 0.3) is 11.1 Å². The van der Waals surface area contributed by atoms with Crippen LogP contribution in [-0.2, 0) is 6.54 Å². The maximum absolute atomic E-state index is 10.9. The van der Waals surface area contributed by atoms with Gasteiger partial charge in [0.2, 0.25) is 0 Å². The Labute approximate surface area is 110 Å². The number of rotatable bonds is 3. The molecule has 0 aliphatic heterocycles. The third kappa shape index (κ3) is 2.37. The van der Waals surface area contributed by atoms with Gasteiger partial charge in [-0.15, -0.1) is 0 Å². The minimum atomic E-state index is -0.956. The van der Waals surface area contributed by atoms with Gasteiger partial charge in [0.25, 0.3) is 0 Å². The number of benzene rings is 2. The number of nitrogens with two attached hydrogens (primary N) is 1. The molecule has 0 fully saturated rings. The van der Waals surface area contributed by atoms with Crippen molar-refractivity contribution < 1.29 is 9.90 Å². The summed E-state index contributed by atoms with van der Waals surface area (Å²) in [6.45, 7) is 0.352. The Morgan fingerprint density at radius 3 is 2.61 bits per heavy atom. The van der Waals surface area contributed by atoms with Crippen LogP contribution in [0.4, 0.5) is 0 Å². The highest BCUT2D eigenvalue weighted by Gasteiger charge is 2.09. The van der Waals surface area contributed by atoms with Crippen LogP contribution >= 0.6 is 11.6 Å². The summed E-state index contributed by atoms with van der Waals surface area (Å²) >= 11 is 6.25. The minimum absolute atomic E-state index is 0.238. The van der Waals surface area contributed by atoms with E-state index in [0.717, 1.165) is 16.7 Å². The summed E-state index contributed by atoms with van der Waals surface area (Å²) in [7, 11) is 0. The number of halogens is 1. The molecule has 0 spiro atoms. The first-order valence-electron chi connectivity index (χ1n) is 5.44. The first-order valence-corrected chi connectivity index (χ1v) is 5.82. The zero-order chi connectivity index (χ0) is 13.1. The van der Waals surface area contributed by atoms with Gasteiger partial charge in [-0.1, -0.05) is 41.9 Å². The van der Waals surface area contributed by atoms with E-state index in [-0.39, 0.29) is 5.56 Å². The predicted octanol–water partition coefficient (Wildman–Crippen LogP) is 3.16. The zero-order valence-corrected chi connectivity index (χ0v) is 10.3. The molecule has 0 bridgehead atoms. The number of carboxylic acids is 1. The van der Waals surface area contributed by atoms with E-state index in [1.807, 2.05) is 24.3 Å². The van der Waals surface area contributed by atoms with Gasteiger partial charge in [0.15, 0.2) is 0 Å². The topological polar surface area (TPSA) is 63.3 Å². The molecule has 0 heterocycles. The second-order valence-electron chi connectivity index (χ2n) is 3.87. The number of carbonyl (C=O) groups is 1. The summed E-state index contributed by atoms with van der Waals surface area (Å²) in [6, 6.07) is 12.2. The maximum atomic E-state index is 10.9. The van der Waals surface area contributed by atoms with Crippen molar-refractivity contribution in [3.8, 4) is 11.1 Å². The van der Waals surface area contributed by atoms with E-state index in [1.165, 1.54) is 0 Å². The summed E-state index contributed by atoms with van der Waals surface area (Å²) in [4.78, 5) is 10.9. The molecule has 18 heavy (non-hydrogen) atoms. The second-order valence-corrected chi connectivity index (χ2v) is 4.25. The Hall–Kier alpha value is -1.84. The molecule has 2 rings (SSSR count). The molecule has 0 saturated carbocycles. The average molecular weight is 262 g/mol. The van der Waals surface area contributed by atoms with Gasteiger partial charge in [-0.2, -0.15) is 0 Å². The summed E-state index contributed by atoms with van der Waals surface area (Å²) in [5.41, 5.74) is 8.24. The summed E-state index contributed by atoms with van der Waals surface area (Å²) in [5, 5.41) is 9.55. The van der Waals surface area contributed by atoms with E-state index in [4.69, 9.17) is 22.4 Å². The Bertz CT molecular complexity index is 596. The monoisotopic (exact) mass is 261 g/mol. The van der Waals surface area contributed by atoms with Gasteiger partial charge >= 0.3 is 5.97 Å². The van der Waals surface area contributed by atoms with Crippen LogP contribution in [0.5, 0.6) is 0 Å². The first kappa shape index (κ1) is 12.6. The van der Waals surface area contributed by atoms with Crippen molar-refractivity contribution in [2.24, 2.45) is 5.73 Å². The Balaban J connectivity index is 2.55. The number of hydrogen-bond donors (Lipinski definition) is 2. The smallest absolute Gasteiger partial charge is 0.335 e. The van der Waals surface area contributed by atoms with Crippen LogP contribution in [0.15, 0.2) is 42.5 Å². The second kappa shape index (κ2) is 5.21. The molecule has 2 aromatic carbocycles. The summed E-state index contributed by atoms with van der Waals surface area (Å²) in [5.74, 6) is -0.956. The fourth-order valence-corrected chi connectivity index (χ4v) is 2.09. The molecule has 0 aliphatic rings. The lowest BCUT2D eigenvalue weighted by Crippen LogP contribution is -1.99.